The fraction of sp³-hybridized carbons (Fsp3) is 0.0500. The van der Waals surface area contributed by atoms with Gasteiger partial charge in [-0.2, -0.15) is 0 Å². The molecule has 0 spiro atoms. The van der Waals surface area contributed by atoms with E-state index in [-0.39, 0.29) is 17.2 Å². The summed E-state index contributed by atoms with van der Waals surface area (Å²) in [5, 5.41) is 19.9. The number of aromatic nitrogens is 1. The third kappa shape index (κ3) is 2.96. The Labute approximate surface area is 169 Å². The van der Waals surface area contributed by atoms with Crippen LogP contribution in [0.1, 0.15) is 15.9 Å². The Morgan fingerprint density at radius 1 is 1.21 bits per heavy atom. The zero-order chi connectivity index (χ0) is 20.0. The Bertz CT molecular complexity index is 1200. The molecule has 2 heterocycles. The number of carboxylic acid groups (broad SMARTS) is 1. The summed E-state index contributed by atoms with van der Waals surface area (Å²) in [6, 6.07) is 11.8. The highest BCUT2D eigenvalue weighted by Gasteiger charge is 2.34. The lowest BCUT2D eigenvalue weighted by molar-refractivity contribution is -0.113. The van der Waals surface area contributed by atoms with E-state index in [0.717, 1.165) is 28.2 Å². The van der Waals surface area contributed by atoms with Crippen molar-refractivity contribution in [3.63, 3.8) is 0 Å². The van der Waals surface area contributed by atoms with Gasteiger partial charge in [-0.3, -0.25) is 9.69 Å². The molecule has 0 bridgehead atoms. The van der Waals surface area contributed by atoms with Gasteiger partial charge < -0.3 is 14.8 Å². The minimum absolute atomic E-state index is 0.287. The first-order chi connectivity index (χ1) is 13.4. The number of aromatic hydroxyl groups is 1. The van der Waals surface area contributed by atoms with Crippen LogP contribution in [-0.2, 0) is 11.8 Å². The van der Waals surface area contributed by atoms with Crippen LogP contribution in [0.5, 0.6) is 5.75 Å². The smallest absolute Gasteiger partial charge is 0.339 e. The van der Waals surface area contributed by atoms with Crippen molar-refractivity contribution in [2.45, 2.75) is 0 Å². The lowest BCUT2D eigenvalue weighted by Gasteiger charge is -2.15. The van der Waals surface area contributed by atoms with Gasteiger partial charge in [0.05, 0.1) is 10.6 Å². The largest absolute Gasteiger partial charge is 0.507 e. The lowest BCUT2D eigenvalue weighted by atomic mass is 10.1. The Balaban J connectivity index is 1.74. The van der Waals surface area contributed by atoms with Gasteiger partial charge in [0, 0.05) is 29.7 Å². The molecule has 1 saturated heterocycles. The zero-order valence-corrected chi connectivity index (χ0v) is 16.3. The van der Waals surface area contributed by atoms with E-state index >= 15 is 0 Å². The molecule has 1 aliphatic heterocycles. The number of thiocarbonyl (C=S) groups is 1. The Morgan fingerprint density at radius 3 is 2.71 bits per heavy atom. The van der Waals surface area contributed by atoms with Crippen molar-refractivity contribution in [3.8, 4) is 5.75 Å². The number of hydrogen-bond donors (Lipinski definition) is 2. The lowest BCUT2D eigenvalue weighted by Crippen LogP contribution is -2.27. The maximum Gasteiger partial charge on any atom is 0.339 e. The number of amides is 1. The Kier molecular flexibility index (Phi) is 4.44. The van der Waals surface area contributed by atoms with Crippen LogP contribution in [0.2, 0.25) is 0 Å². The highest BCUT2D eigenvalue weighted by molar-refractivity contribution is 8.27. The number of fused-ring (bicyclic) bond motifs is 1. The summed E-state index contributed by atoms with van der Waals surface area (Å²) in [7, 11) is 1.94. The number of thioether (sulfide) groups is 1. The molecule has 1 aliphatic rings. The van der Waals surface area contributed by atoms with E-state index in [0.29, 0.717) is 14.9 Å². The minimum Gasteiger partial charge on any atom is -0.507 e. The SMILES string of the molecule is Cn1cc(/C=C2\SC(=S)N(c3ccc(O)c(C(=O)O)c3)C2=O)c2ccccc21. The van der Waals surface area contributed by atoms with Crippen molar-refractivity contribution < 1.29 is 19.8 Å². The van der Waals surface area contributed by atoms with E-state index in [1.165, 1.54) is 23.1 Å². The second-order valence-corrected chi connectivity index (χ2v) is 7.91. The molecule has 1 fully saturated rings. The fourth-order valence-corrected chi connectivity index (χ4v) is 4.44. The third-order valence-corrected chi connectivity index (χ3v) is 5.78. The van der Waals surface area contributed by atoms with Gasteiger partial charge in [0.2, 0.25) is 0 Å². The van der Waals surface area contributed by atoms with Crippen LogP contribution in [0, 0.1) is 0 Å². The van der Waals surface area contributed by atoms with Crippen LogP contribution in [0.3, 0.4) is 0 Å². The van der Waals surface area contributed by atoms with Crippen LogP contribution in [0.4, 0.5) is 5.69 Å². The second-order valence-electron chi connectivity index (χ2n) is 6.24. The first kappa shape index (κ1) is 18.3. The van der Waals surface area contributed by atoms with Gasteiger partial charge in [-0.25, -0.2) is 4.79 Å². The normalized spacial score (nSPS) is 15.8. The molecule has 2 aromatic carbocycles. The van der Waals surface area contributed by atoms with Crippen molar-refractivity contribution in [3.05, 3.63) is 64.7 Å². The van der Waals surface area contributed by atoms with E-state index in [1.807, 2.05) is 42.1 Å². The molecule has 28 heavy (non-hydrogen) atoms. The third-order valence-electron chi connectivity index (χ3n) is 4.48. The summed E-state index contributed by atoms with van der Waals surface area (Å²) >= 11 is 6.51. The molecule has 3 aromatic rings. The number of nitrogens with zero attached hydrogens (tertiary/aromatic N) is 2. The molecule has 0 atom stereocenters. The first-order valence-corrected chi connectivity index (χ1v) is 9.47. The predicted octanol–water partition coefficient (Wildman–Crippen LogP) is 3.99. The molecule has 140 valence electrons. The van der Waals surface area contributed by atoms with Crippen LogP contribution in [0.25, 0.3) is 17.0 Å². The topological polar surface area (TPSA) is 82.8 Å². The molecule has 4 rings (SSSR count). The molecule has 0 unspecified atom stereocenters. The van der Waals surface area contributed by atoms with Gasteiger partial charge in [0.15, 0.2) is 4.32 Å². The molecule has 2 N–H and O–H groups in total. The number of hydrogen-bond acceptors (Lipinski definition) is 5. The Morgan fingerprint density at radius 2 is 1.96 bits per heavy atom. The number of aromatic carboxylic acids is 1. The number of rotatable bonds is 3. The van der Waals surface area contributed by atoms with Gasteiger partial charge in [0.1, 0.15) is 11.3 Å². The molecule has 8 heteroatoms. The molecular formula is C20H14N2O4S2. The van der Waals surface area contributed by atoms with Gasteiger partial charge in [-0.05, 0) is 30.3 Å². The summed E-state index contributed by atoms with van der Waals surface area (Å²) < 4.78 is 2.29. The zero-order valence-electron chi connectivity index (χ0n) is 14.6. The quantitative estimate of drug-likeness (QED) is 0.502. The fourth-order valence-electron chi connectivity index (χ4n) is 3.15. The summed E-state index contributed by atoms with van der Waals surface area (Å²) in [4.78, 5) is 26.0. The van der Waals surface area contributed by atoms with Crippen LogP contribution in [0.15, 0.2) is 53.6 Å². The van der Waals surface area contributed by atoms with Crippen molar-refractivity contribution in [2.75, 3.05) is 4.90 Å². The Hall–Kier alpha value is -3.10. The standard InChI is InChI=1S/C20H14N2O4S2/c1-21-10-11(13-4-2-3-5-15(13)21)8-17-18(24)22(20(27)28-17)12-6-7-16(23)14(9-12)19(25)26/h2-10,23H,1H3,(H,25,26)/b17-8-. The molecular weight excluding hydrogens is 396 g/mol. The number of para-hydroxylation sites is 1. The number of aryl methyl sites for hydroxylation is 1. The second kappa shape index (κ2) is 6.81. The summed E-state index contributed by atoms with van der Waals surface area (Å²) in [6.45, 7) is 0. The number of carboxylic acids is 1. The average Bonchev–Trinajstić information content (AvgIpc) is 3.12. The maximum atomic E-state index is 13.0. The maximum absolute atomic E-state index is 13.0. The minimum atomic E-state index is -1.28. The van der Waals surface area contributed by atoms with E-state index in [1.54, 1.807) is 6.08 Å². The van der Waals surface area contributed by atoms with Gasteiger partial charge in [-0.1, -0.05) is 42.2 Å². The molecule has 1 aromatic heterocycles. The van der Waals surface area contributed by atoms with Crippen molar-refractivity contribution >= 4 is 62.8 Å². The number of carbonyl (C=O) groups is 2. The molecule has 0 saturated carbocycles. The highest BCUT2D eigenvalue weighted by Crippen LogP contribution is 2.38. The van der Waals surface area contributed by atoms with Crippen LogP contribution < -0.4 is 4.90 Å². The van der Waals surface area contributed by atoms with Gasteiger partial charge in [-0.15, -0.1) is 0 Å². The van der Waals surface area contributed by atoms with E-state index in [2.05, 4.69) is 0 Å². The molecule has 1 amide bonds. The van der Waals surface area contributed by atoms with Crippen LogP contribution in [-0.4, -0.2) is 31.0 Å². The monoisotopic (exact) mass is 410 g/mol. The summed E-state index contributed by atoms with van der Waals surface area (Å²) in [5.74, 6) is -1.98. The summed E-state index contributed by atoms with van der Waals surface area (Å²) in [5.41, 5.74) is 1.97. The highest BCUT2D eigenvalue weighted by atomic mass is 32.2. The number of benzene rings is 2. The van der Waals surface area contributed by atoms with Gasteiger partial charge in [0.25, 0.3) is 5.91 Å². The van der Waals surface area contributed by atoms with E-state index < -0.39 is 5.97 Å². The molecule has 0 radical (unpaired) electrons. The number of carbonyl (C=O) groups excluding carboxylic acids is 1. The predicted molar refractivity (Wildman–Crippen MR) is 114 cm³/mol. The number of anilines is 1. The average molecular weight is 410 g/mol. The van der Waals surface area contributed by atoms with Crippen molar-refractivity contribution in [1.29, 1.82) is 0 Å². The summed E-state index contributed by atoms with van der Waals surface area (Å²) in [6.07, 6.45) is 3.74. The van der Waals surface area contributed by atoms with Crippen molar-refractivity contribution in [1.82, 2.24) is 4.57 Å². The first-order valence-electron chi connectivity index (χ1n) is 8.25. The molecule has 6 nitrogen and oxygen atoms in total. The van der Waals surface area contributed by atoms with E-state index in [4.69, 9.17) is 12.2 Å². The molecule has 0 aliphatic carbocycles. The van der Waals surface area contributed by atoms with Crippen molar-refractivity contribution in [2.24, 2.45) is 7.05 Å². The van der Waals surface area contributed by atoms with Gasteiger partial charge >= 0.3 is 5.97 Å². The van der Waals surface area contributed by atoms with E-state index in [9.17, 15) is 19.8 Å². The van der Waals surface area contributed by atoms with Crippen LogP contribution >= 0.6 is 24.0 Å². The number of phenols is 1.